The molecule has 0 spiro atoms. The van der Waals surface area contributed by atoms with E-state index in [0.29, 0.717) is 18.1 Å². The third-order valence-electron chi connectivity index (χ3n) is 2.07. The van der Waals surface area contributed by atoms with Gasteiger partial charge in [-0.05, 0) is 0 Å². The summed E-state index contributed by atoms with van der Waals surface area (Å²) >= 11 is 0. The SMILES string of the molecule is CS(=O)CCNC(=O)c1n[nH]c(C(C)(C)C)n1. The predicted octanol–water partition coefficient (Wildman–Crippen LogP) is 0.210. The largest absolute Gasteiger partial charge is 0.348 e. The molecule has 0 saturated heterocycles. The number of hydrogen-bond acceptors (Lipinski definition) is 4. The number of aromatic amines is 1. The molecule has 0 fully saturated rings. The van der Waals surface area contributed by atoms with E-state index in [1.807, 2.05) is 20.8 Å². The predicted molar refractivity (Wildman–Crippen MR) is 66.3 cm³/mol. The van der Waals surface area contributed by atoms with Gasteiger partial charge in [0.2, 0.25) is 5.82 Å². The first-order valence-corrected chi connectivity index (χ1v) is 7.04. The molecule has 2 N–H and O–H groups in total. The van der Waals surface area contributed by atoms with E-state index < -0.39 is 10.8 Å². The van der Waals surface area contributed by atoms with E-state index in [9.17, 15) is 9.00 Å². The average molecular weight is 258 g/mol. The summed E-state index contributed by atoms with van der Waals surface area (Å²) in [5, 5.41) is 9.22. The highest BCUT2D eigenvalue weighted by molar-refractivity contribution is 7.84. The molecule has 0 radical (unpaired) electrons. The minimum absolute atomic E-state index is 0.122. The monoisotopic (exact) mass is 258 g/mol. The number of carbonyl (C=O) groups excluding carboxylic acids is 1. The summed E-state index contributed by atoms with van der Waals surface area (Å²) in [5.74, 6) is 0.878. The average Bonchev–Trinajstić information content (AvgIpc) is 2.64. The van der Waals surface area contributed by atoms with Crippen molar-refractivity contribution >= 4 is 16.7 Å². The van der Waals surface area contributed by atoms with Gasteiger partial charge in [-0.3, -0.25) is 14.1 Å². The van der Waals surface area contributed by atoms with Crippen molar-refractivity contribution in [3.8, 4) is 0 Å². The fourth-order valence-corrected chi connectivity index (χ4v) is 1.48. The molecule has 17 heavy (non-hydrogen) atoms. The van der Waals surface area contributed by atoms with Gasteiger partial charge in [0.1, 0.15) is 5.82 Å². The first-order chi connectivity index (χ1) is 7.80. The molecule has 0 aliphatic carbocycles. The number of carbonyl (C=O) groups is 1. The van der Waals surface area contributed by atoms with Gasteiger partial charge in [-0.25, -0.2) is 4.98 Å². The van der Waals surface area contributed by atoms with Gasteiger partial charge in [-0.15, -0.1) is 5.10 Å². The quantitative estimate of drug-likeness (QED) is 0.808. The van der Waals surface area contributed by atoms with Crippen LogP contribution in [-0.2, 0) is 16.2 Å². The molecule has 1 aromatic heterocycles. The molecule has 0 aromatic carbocycles. The van der Waals surface area contributed by atoms with Crippen LogP contribution in [0.15, 0.2) is 0 Å². The fraction of sp³-hybridized carbons (Fsp3) is 0.700. The smallest absolute Gasteiger partial charge is 0.290 e. The third-order valence-corrected chi connectivity index (χ3v) is 2.85. The van der Waals surface area contributed by atoms with Gasteiger partial charge in [-0.2, -0.15) is 0 Å². The third kappa shape index (κ3) is 4.26. The maximum Gasteiger partial charge on any atom is 0.290 e. The standard InChI is InChI=1S/C10H18N4O2S/c1-10(2,3)9-12-7(13-14-9)8(15)11-5-6-17(4)16/h5-6H2,1-4H3,(H,11,15)(H,12,13,14). The van der Waals surface area contributed by atoms with Crippen LogP contribution in [0, 0.1) is 0 Å². The van der Waals surface area contributed by atoms with E-state index >= 15 is 0 Å². The summed E-state index contributed by atoms with van der Waals surface area (Å²) in [6.07, 6.45) is 1.59. The van der Waals surface area contributed by atoms with Crippen molar-refractivity contribution in [2.45, 2.75) is 26.2 Å². The van der Waals surface area contributed by atoms with Gasteiger partial charge >= 0.3 is 0 Å². The molecule has 6 nitrogen and oxygen atoms in total. The molecule has 7 heteroatoms. The number of nitrogens with one attached hydrogen (secondary N) is 2. The molecule has 96 valence electrons. The molecule has 0 bridgehead atoms. The van der Waals surface area contributed by atoms with E-state index in [4.69, 9.17) is 0 Å². The second-order valence-corrected chi connectivity index (χ2v) is 6.35. The minimum Gasteiger partial charge on any atom is -0.348 e. The molecule has 1 atom stereocenters. The maximum atomic E-state index is 11.6. The molecule has 0 saturated carbocycles. The van der Waals surface area contributed by atoms with Crippen molar-refractivity contribution in [3.05, 3.63) is 11.6 Å². The molecular formula is C10H18N4O2S. The number of amides is 1. The van der Waals surface area contributed by atoms with Gasteiger partial charge in [-0.1, -0.05) is 20.8 Å². The molecule has 1 aromatic rings. The van der Waals surface area contributed by atoms with Crippen molar-refractivity contribution in [2.24, 2.45) is 0 Å². The van der Waals surface area contributed by atoms with E-state index in [0.717, 1.165) is 0 Å². The first-order valence-electron chi connectivity index (χ1n) is 5.32. The van der Waals surface area contributed by atoms with Crippen molar-refractivity contribution in [2.75, 3.05) is 18.6 Å². The van der Waals surface area contributed by atoms with Crippen LogP contribution in [-0.4, -0.2) is 43.9 Å². The molecule has 0 aliphatic heterocycles. The van der Waals surface area contributed by atoms with E-state index in [-0.39, 0.29) is 17.1 Å². The molecule has 1 amide bonds. The van der Waals surface area contributed by atoms with Gasteiger partial charge in [0.25, 0.3) is 5.91 Å². The van der Waals surface area contributed by atoms with Crippen LogP contribution in [0.2, 0.25) is 0 Å². The summed E-state index contributed by atoms with van der Waals surface area (Å²) in [7, 11) is -0.911. The second kappa shape index (κ2) is 5.39. The Morgan fingerprint density at radius 3 is 2.59 bits per heavy atom. The summed E-state index contributed by atoms with van der Waals surface area (Å²) in [4.78, 5) is 15.7. The number of nitrogens with zero attached hydrogens (tertiary/aromatic N) is 2. The fourth-order valence-electron chi connectivity index (χ4n) is 1.09. The molecule has 1 unspecified atom stereocenters. The Kier molecular flexibility index (Phi) is 4.39. The molecule has 1 heterocycles. The normalized spacial score (nSPS) is 13.4. The first kappa shape index (κ1) is 13.8. The zero-order valence-corrected chi connectivity index (χ0v) is 11.3. The topological polar surface area (TPSA) is 87.7 Å². The Labute approximate surface area is 103 Å². The van der Waals surface area contributed by atoms with Crippen molar-refractivity contribution in [1.82, 2.24) is 20.5 Å². The lowest BCUT2D eigenvalue weighted by atomic mass is 9.96. The highest BCUT2D eigenvalue weighted by atomic mass is 32.2. The zero-order chi connectivity index (χ0) is 13.1. The van der Waals surface area contributed by atoms with Crippen LogP contribution in [0.25, 0.3) is 0 Å². The summed E-state index contributed by atoms with van der Waals surface area (Å²) < 4.78 is 10.8. The van der Waals surface area contributed by atoms with Gasteiger partial charge in [0, 0.05) is 34.8 Å². The zero-order valence-electron chi connectivity index (χ0n) is 10.5. The van der Waals surface area contributed by atoms with E-state index in [2.05, 4.69) is 20.5 Å². The lowest BCUT2D eigenvalue weighted by Gasteiger charge is -2.12. The van der Waals surface area contributed by atoms with E-state index in [1.54, 1.807) is 6.26 Å². The Morgan fingerprint density at radius 1 is 1.47 bits per heavy atom. The molecular weight excluding hydrogens is 240 g/mol. The molecule has 0 aliphatic rings. The van der Waals surface area contributed by atoms with Crippen LogP contribution >= 0.6 is 0 Å². The van der Waals surface area contributed by atoms with Crippen LogP contribution in [0.1, 0.15) is 37.2 Å². The van der Waals surface area contributed by atoms with Crippen LogP contribution in [0.4, 0.5) is 0 Å². The Balaban J connectivity index is 2.58. The number of aromatic nitrogens is 3. The van der Waals surface area contributed by atoms with Crippen LogP contribution in [0.3, 0.4) is 0 Å². The van der Waals surface area contributed by atoms with Gasteiger partial charge in [0.05, 0.1) is 0 Å². The molecule has 1 rings (SSSR count). The second-order valence-electron chi connectivity index (χ2n) is 4.79. The maximum absolute atomic E-state index is 11.6. The van der Waals surface area contributed by atoms with Gasteiger partial charge < -0.3 is 5.32 Å². The highest BCUT2D eigenvalue weighted by Crippen LogP contribution is 2.17. The Bertz CT molecular complexity index is 422. The minimum atomic E-state index is -0.911. The number of H-pyrrole nitrogens is 1. The van der Waals surface area contributed by atoms with Crippen molar-refractivity contribution in [1.29, 1.82) is 0 Å². The van der Waals surface area contributed by atoms with Crippen molar-refractivity contribution < 1.29 is 9.00 Å². The van der Waals surface area contributed by atoms with Crippen LogP contribution in [0.5, 0.6) is 0 Å². The van der Waals surface area contributed by atoms with Gasteiger partial charge in [0.15, 0.2) is 0 Å². The number of rotatable bonds is 4. The van der Waals surface area contributed by atoms with Crippen molar-refractivity contribution in [3.63, 3.8) is 0 Å². The Morgan fingerprint density at radius 2 is 2.12 bits per heavy atom. The summed E-state index contributed by atoms with van der Waals surface area (Å²) in [6.45, 7) is 6.31. The highest BCUT2D eigenvalue weighted by Gasteiger charge is 2.20. The Hall–Kier alpha value is -1.24. The summed E-state index contributed by atoms with van der Waals surface area (Å²) in [5.41, 5.74) is -0.170. The summed E-state index contributed by atoms with van der Waals surface area (Å²) in [6, 6.07) is 0. The number of hydrogen-bond donors (Lipinski definition) is 2. The lowest BCUT2D eigenvalue weighted by molar-refractivity contribution is 0.0946. The van der Waals surface area contributed by atoms with Crippen LogP contribution < -0.4 is 5.32 Å². The lowest BCUT2D eigenvalue weighted by Crippen LogP contribution is -2.28. The van der Waals surface area contributed by atoms with E-state index in [1.165, 1.54) is 0 Å².